The first kappa shape index (κ1) is 17.2. The van der Waals surface area contributed by atoms with Gasteiger partial charge in [-0.25, -0.2) is 4.98 Å². The molecular weight excluding hydrogens is 316 g/mol. The summed E-state index contributed by atoms with van der Waals surface area (Å²) in [6.45, 7) is 5.57. The van der Waals surface area contributed by atoms with Gasteiger partial charge in [-0.1, -0.05) is 12.1 Å². The molecule has 6 nitrogen and oxygen atoms in total. The number of fused-ring (bicyclic) bond motifs is 1. The fourth-order valence-electron chi connectivity index (χ4n) is 2.85. The van der Waals surface area contributed by atoms with Crippen molar-refractivity contribution in [2.45, 2.75) is 19.9 Å². The van der Waals surface area contributed by atoms with Crippen molar-refractivity contribution in [3.8, 4) is 0 Å². The third-order valence-corrected chi connectivity index (χ3v) is 4.09. The third kappa shape index (κ3) is 4.48. The standard InChI is InChI=1S/C19H24N4O2/c1-2-25-11-5-9-20-18-12-15(8-10-21-18)13-23-14-22-19(24)16-6-3-4-7-17(16)23/h3-4,6-8,10,12H,2,5,9,11,13-14H2,1H3,(H,20,21)(H,22,24). The van der Waals surface area contributed by atoms with E-state index in [0.717, 1.165) is 48.8 Å². The minimum atomic E-state index is -0.0155. The van der Waals surface area contributed by atoms with Gasteiger partial charge in [0.05, 0.1) is 17.9 Å². The van der Waals surface area contributed by atoms with E-state index in [1.54, 1.807) is 0 Å². The van der Waals surface area contributed by atoms with Gasteiger partial charge in [0.15, 0.2) is 0 Å². The van der Waals surface area contributed by atoms with Gasteiger partial charge in [0.2, 0.25) is 0 Å². The van der Waals surface area contributed by atoms with Crippen molar-refractivity contribution in [3.63, 3.8) is 0 Å². The summed E-state index contributed by atoms with van der Waals surface area (Å²) >= 11 is 0. The topological polar surface area (TPSA) is 66.5 Å². The van der Waals surface area contributed by atoms with Gasteiger partial charge >= 0.3 is 0 Å². The number of aromatic nitrogens is 1. The van der Waals surface area contributed by atoms with Crippen LogP contribution in [0.3, 0.4) is 0 Å². The number of pyridine rings is 1. The summed E-state index contributed by atoms with van der Waals surface area (Å²) < 4.78 is 5.34. The Morgan fingerprint density at radius 1 is 1.32 bits per heavy atom. The Hall–Kier alpha value is -2.60. The lowest BCUT2D eigenvalue weighted by molar-refractivity contribution is 0.0947. The number of carbonyl (C=O) groups excluding carboxylic acids is 1. The fraction of sp³-hybridized carbons (Fsp3) is 0.368. The van der Waals surface area contributed by atoms with Crippen LogP contribution in [0.2, 0.25) is 0 Å². The minimum Gasteiger partial charge on any atom is -0.382 e. The van der Waals surface area contributed by atoms with E-state index < -0.39 is 0 Å². The number of hydrogen-bond donors (Lipinski definition) is 2. The zero-order valence-corrected chi connectivity index (χ0v) is 14.5. The highest BCUT2D eigenvalue weighted by molar-refractivity contribution is 6.01. The van der Waals surface area contributed by atoms with Crippen molar-refractivity contribution in [3.05, 3.63) is 53.7 Å². The number of carbonyl (C=O) groups is 1. The summed E-state index contributed by atoms with van der Waals surface area (Å²) in [4.78, 5) is 18.5. The molecule has 1 aliphatic rings. The van der Waals surface area contributed by atoms with Crippen LogP contribution in [0.5, 0.6) is 0 Å². The molecule has 0 atom stereocenters. The Kier molecular flexibility index (Phi) is 5.85. The largest absolute Gasteiger partial charge is 0.382 e. The van der Waals surface area contributed by atoms with E-state index in [1.165, 1.54) is 0 Å². The van der Waals surface area contributed by atoms with Gasteiger partial charge in [0.1, 0.15) is 5.82 Å². The van der Waals surface area contributed by atoms with Crippen LogP contribution in [0.4, 0.5) is 11.5 Å². The lowest BCUT2D eigenvalue weighted by atomic mass is 10.1. The molecule has 0 unspecified atom stereocenters. The highest BCUT2D eigenvalue weighted by Crippen LogP contribution is 2.25. The number of hydrogen-bond acceptors (Lipinski definition) is 5. The SMILES string of the molecule is CCOCCCNc1cc(CN2CNC(=O)c3ccccc32)ccn1. The second-order valence-electron chi connectivity index (χ2n) is 5.91. The molecule has 1 aromatic carbocycles. The second-order valence-corrected chi connectivity index (χ2v) is 5.91. The summed E-state index contributed by atoms with van der Waals surface area (Å²) in [6.07, 6.45) is 2.76. The number of amides is 1. The van der Waals surface area contributed by atoms with Crippen molar-refractivity contribution in [1.82, 2.24) is 10.3 Å². The lowest BCUT2D eigenvalue weighted by Gasteiger charge is -2.31. The molecule has 3 rings (SSSR count). The van der Waals surface area contributed by atoms with Crippen LogP contribution in [0.15, 0.2) is 42.6 Å². The van der Waals surface area contributed by atoms with Gasteiger partial charge in [-0.3, -0.25) is 4.79 Å². The molecule has 0 spiro atoms. The molecule has 0 saturated carbocycles. The monoisotopic (exact) mass is 340 g/mol. The Morgan fingerprint density at radius 3 is 3.08 bits per heavy atom. The van der Waals surface area contributed by atoms with Gasteiger partial charge in [0, 0.05) is 32.5 Å². The third-order valence-electron chi connectivity index (χ3n) is 4.09. The van der Waals surface area contributed by atoms with E-state index in [4.69, 9.17) is 4.74 Å². The minimum absolute atomic E-state index is 0.0155. The highest BCUT2D eigenvalue weighted by Gasteiger charge is 2.21. The normalized spacial score (nSPS) is 13.3. The Labute approximate surface area is 148 Å². The van der Waals surface area contributed by atoms with Gasteiger partial charge in [-0.2, -0.15) is 0 Å². The predicted octanol–water partition coefficient (Wildman–Crippen LogP) is 2.63. The molecule has 2 heterocycles. The van der Waals surface area contributed by atoms with Crippen molar-refractivity contribution >= 4 is 17.4 Å². The van der Waals surface area contributed by atoms with Crippen LogP contribution < -0.4 is 15.5 Å². The molecule has 6 heteroatoms. The molecule has 1 aliphatic heterocycles. The summed E-state index contributed by atoms with van der Waals surface area (Å²) in [5.41, 5.74) is 2.83. The molecule has 1 amide bonds. The summed E-state index contributed by atoms with van der Waals surface area (Å²) in [7, 11) is 0. The van der Waals surface area contributed by atoms with Gasteiger partial charge in [-0.15, -0.1) is 0 Å². The molecule has 1 aromatic heterocycles. The Balaban J connectivity index is 1.63. The average Bonchev–Trinajstić information content (AvgIpc) is 2.64. The maximum Gasteiger partial charge on any atom is 0.254 e. The average molecular weight is 340 g/mol. The molecule has 0 saturated heterocycles. The first-order valence-corrected chi connectivity index (χ1v) is 8.66. The number of anilines is 2. The highest BCUT2D eigenvalue weighted by atomic mass is 16.5. The number of benzene rings is 1. The van der Waals surface area contributed by atoms with Crippen LogP contribution in [0.25, 0.3) is 0 Å². The lowest BCUT2D eigenvalue weighted by Crippen LogP contribution is -2.42. The molecule has 25 heavy (non-hydrogen) atoms. The summed E-state index contributed by atoms with van der Waals surface area (Å²) in [5, 5.41) is 6.25. The van der Waals surface area contributed by atoms with Crippen molar-refractivity contribution in [1.29, 1.82) is 0 Å². The molecule has 0 radical (unpaired) electrons. The number of ether oxygens (including phenoxy) is 1. The first-order chi connectivity index (χ1) is 12.3. The number of nitrogens with one attached hydrogen (secondary N) is 2. The zero-order valence-electron chi connectivity index (χ0n) is 14.5. The Morgan fingerprint density at radius 2 is 2.20 bits per heavy atom. The molecule has 0 bridgehead atoms. The maximum absolute atomic E-state index is 12.0. The number of para-hydroxylation sites is 1. The van der Waals surface area contributed by atoms with Crippen molar-refractivity contribution in [2.75, 3.05) is 36.6 Å². The van der Waals surface area contributed by atoms with Crippen LogP contribution in [0, 0.1) is 0 Å². The molecular formula is C19H24N4O2. The summed E-state index contributed by atoms with van der Waals surface area (Å²) in [6, 6.07) is 11.8. The smallest absolute Gasteiger partial charge is 0.254 e. The van der Waals surface area contributed by atoms with Crippen LogP contribution in [-0.4, -0.2) is 37.3 Å². The van der Waals surface area contributed by atoms with E-state index in [2.05, 4.69) is 26.6 Å². The van der Waals surface area contributed by atoms with Crippen LogP contribution >= 0.6 is 0 Å². The number of rotatable bonds is 8. The van der Waals surface area contributed by atoms with E-state index >= 15 is 0 Å². The fourth-order valence-corrected chi connectivity index (χ4v) is 2.85. The maximum atomic E-state index is 12.0. The van der Waals surface area contributed by atoms with E-state index in [9.17, 15) is 4.79 Å². The van der Waals surface area contributed by atoms with Gasteiger partial charge in [-0.05, 0) is 43.2 Å². The van der Waals surface area contributed by atoms with Gasteiger partial charge < -0.3 is 20.3 Å². The van der Waals surface area contributed by atoms with E-state index in [0.29, 0.717) is 13.2 Å². The summed E-state index contributed by atoms with van der Waals surface area (Å²) in [5.74, 6) is 0.849. The van der Waals surface area contributed by atoms with Crippen LogP contribution in [0.1, 0.15) is 29.3 Å². The molecule has 2 aromatic rings. The number of nitrogens with zero attached hydrogens (tertiary/aromatic N) is 2. The predicted molar refractivity (Wildman–Crippen MR) is 98.8 cm³/mol. The second kappa shape index (κ2) is 8.48. The molecule has 0 fully saturated rings. The molecule has 2 N–H and O–H groups in total. The quantitative estimate of drug-likeness (QED) is 0.723. The van der Waals surface area contributed by atoms with E-state index in [1.807, 2.05) is 43.5 Å². The first-order valence-electron chi connectivity index (χ1n) is 8.66. The molecule has 0 aliphatic carbocycles. The van der Waals surface area contributed by atoms with Gasteiger partial charge in [0.25, 0.3) is 5.91 Å². The molecule has 132 valence electrons. The van der Waals surface area contributed by atoms with Crippen molar-refractivity contribution in [2.24, 2.45) is 0 Å². The zero-order chi connectivity index (χ0) is 17.5. The van der Waals surface area contributed by atoms with E-state index in [-0.39, 0.29) is 5.91 Å². The van der Waals surface area contributed by atoms with Crippen molar-refractivity contribution < 1.29 is 9.53 Å². The van der Waals surface area contributed by atoms with Crippen LogP contribution in [-0.2, 0) is 11.3 Å². The Bertz CT molecular complexity index is 720.